The van der Waals surface area contributed by atoms with Gasteiger partial charge in [0.15, 0.2) is 11.9 Å². The SMILES string of the molecule is CC(OC(=O)n1c2ccccc2c2ccncc21)C(=O)NC(CC(=O)O)C(=O)CF. The Labute approximate surface area is 169 Å². The maximum Gasteiger partial charge on any atom is 0.419 e. The zero-order chi connectivity index (χ0) is 21.8. The largest absolute Gasteiger partial charge is 0.481 e. The number of nitrogens with one attached hydrogen (secondary N) is 1. The summed E-state index contributed by atoms with van der Waals surface area (Å²) in [6, 6.07) is 7.29. The minimum absolute atomic E-state index is 0.479. The van der Waals surface area contributed by atoms with Gasteiger partial charge in [0.2, 0.25) is 0 Å². The van der Waals surface area contributed by atoms with E-state index in [0.717, 1.165) is 10.8 Å². The van der Waals surface area contributed by atoms with Crippen molar-refractivity contribution in [1.82, 2.24) is 14.9 Å². The number of carbonyl (C=O) groups excluding carboxylic acids is 3. The van der Waals surface area contributed by atoms with Gasteiger partial charge in [-0.2, -0.15) is 0 Å². The minimum atomic E-state index is -1.56. The van der Waals surface area contributed by atoms with Crippen LogP contribution in [-0.4, -0.2) is 57.2 Å². The van der Waals surface area contributed by atoms with Crippen molar-refractivity contribution >= 4 is 45.6 Å². The summed E-state index contributed by atoms with van der Waals surface area (Å²) >= 11 is 0. The summed E-state index contributed by atoms with van der Waals surface area (Å²) in [6.45, 7) is -0.169. The van der Waals surface area contributed by atoms with Gasteiger partial charge in [-0.25, -0.2) is 13.8 Å². The number of carboxylic acids is 1. The lowest BCUT2D eigenvalue weighted by atomic mass is 10.1. The van der Waals surface area contributed by atoms with Crippen LogP contribution in [0.15, 0.2) is 42.7 Å². The maximum atomic E-state index is 12.8. The van der Waals surface area contributed by atoms with Gasteiger partial charge in [0, 0.05) is 17.0 Å². The molecule has 3 rings (SSSR count). The number of benzene rings is 1. The molecule has 0 saturated carbocycles. The number of hydrogen-bond acceptors (Lipinski definition) is 6. The van der Waals surface area contributed by atoms with Crippen LogP contribution in [0.5, 0.6) is 0 Å². The summed E-state index contributed by atoms with van der Waals surface area (Å²) in [5.41, 5.74) is 1.03. The monoisotopic (exact) mass is 415 g/mol. The molecule has 2 atom stereocenters. The number of ether oxygens (including phenoxy) is 1. The van der Waals surface area contributed by atoms with Crippen molar-refractivity contribution in [3.63, 3.8) is 0 Å². The number of alkyl halides is 1. The first-order chi connectivity index (χ1) is 14.3. The molecule has 1 amide bonds. The van der Waals surface area contributed by atoms with E-state index in [1.54, 1.807) is 24.4 Å². The van der Waals surface area contributed by atoms with Crippen molar-refractivity contribution in [2.24, 2.45) is 0 Å². The van der Waals surface area contributed by atoms with Crippen LogP contribution in [-0.2, 0) is 19.1 Å². The number of hydrogen-bond donors (Lipinski definition) is 2. The third-order valence-electron chi connectivity index (χ3n) is 4.52. The Morgan fingerprint density at radius 3 is 2.57 bits per heavy atom. The van der Waals surface area contributed by atoms with Crippen molar-refractivity contribution in [3.05, 3.63) is 42.7 Å². The average molecular weight is 415 g/mol. The Morgan fingerprint density at radius 1 is 1.17 bits per heavy atom. The smallest absolute Gasteiger partial charge is 0.419 e. The molecule has 156 valence electrons. The molecule has 2 N–H and O–H groups in total. The van der Waals surface area contributed by atoms with Gasteiger partial charge in [0.25, 0.3) is 5.91 Å². The lowest BCUT2D eigenvalue weighted by Crippen LogP contribution is -2.47. The molecule has 0 fully saturated rings. The Balaban J connectivity index is 1.82. The maximum absolute atomic E-state index is 12.8. The molecule has 0 bridgehead atoms. The molecule has 1 aromatic carbocycles. The number of aromatic nitrogens is 2. The molecule has 0 aliphatic carbocycles. The predicted octanol–water partition coefficient (Wildman–Crippen LogP) is 2.06. The molecule has 0 radical (unpaired) electrons. The van der Waals surface area contributed by atoms with Crippen LogP contribution in [0.4, 0.5) is 9.18 Å². The summed E-state index contributed by atoms with van der Waals surface area (Å²) < 4.78 is 19.1. The average Bonchev–Trinajstić information content (AvgIpc) is 3.06. The molecule has 2 heterocycles. The molecular formula is C20H18FN3O6. The number of Topliss-reactive ketones (excluding diaryl/α,β-unsaturated/α-hetero) is 1. The zero-order valence-corrected chi connectivity index (χ0v) is 15.9. The second kappa shape index (κ2) is 8.68. The molecule has 0 aliphatic heterocycles. The van der Waals surface area contributed by atoms with E-state index in [1.165, 1.54) is 17.7 Å². The normalized spacial score (nSPS) is 13.0. The highest BCUT2D eigenvalue weighted by molar-refractivity contribution is 6.12. The number of rotatable bonds is 7. The fraction of sp³-hybridized carbons (Fsp3) is 0.250. The second-order valence-electron chi connectivity index (χ2n) is 6.53. The third kappa shape index (κ3) is 4.12. The standard InChI is InChI=1S/C20H18FN3O6/c1-11(19(28)23-14(8-18(26)27)17(25)9-21)30-20(29)24-15-5-3-2-4-12(15)13-6-7-22-10-16(13)24/h2-7,10-11,14H,8-9H2,1H3,(H,23,28)(H,26,27). The van der Waals surface area contributed by atoms with E-state index >= 15 is 0 Å². The molecule has 2 aromatic heterocycles. The molecule has 0 aliphatic rings. The van der Waals surface area contributed by atoms with Gasteiger partial charge in [-0.05, 0) is 19.1 Å². The number of nitrogens with zero attached hydrogens (tertiary/aromatic N) is 2. The summed E-state index contributed by atoms with van der Waals surface area (Å²) in [7, 11) is 0. The van der Waals surface area contributed by atoms with Crippen LogP contribution >= 0.6 is 0 Å². The van der Waals surface area contributed by atoms with Crippen molar-refractivity contribution in [3.8, 4) is 0 Å². The van der Waals surface area contributed by atoms with Gasteiger partial charge in [-0.3, -0.25) is 19.4 Å². The van der Waals surface area contributed by atoms with E-state index < -0.39 is 49.0 Å². The number of amides is 1. The number of halogens is 1. The van der Waals surface area contributed by atoms with Crippen molar-refractivity contribution in [1.29, 1.82) is 0 Å². The van der Waals surface area contributed by atoms with Crippen LogP contribution in [0.3, 0.4) is 0 Å². The number of carboxylic acid groups (broad SMARTS) is 1. The first-order valence-electron chi connectivity index (χ1n) is 8.98. The first-order valence-corrected chi connectivity index (χ1v) is 8.98. The highest BCUT2D eigenvalue weighted by Gasteiger charge is 2.28. The molecule has 30 heavy (non-hydrogen) atoms. The number of ketones is 1. The zero-order valence-electron chi connectivity index (χ0n) is 15.9. The highest BCUT2D eigenvalue weighted by Crippen LogP contribution is 2.28. The summed E-state index contributed by atoms with van der Waals surface area (Å²) in [5, 5.41) is 12.5. The highest BCUT2D eigenvalue weighted by atomic mass is 19.1. The molecule has 2 unspecified atom stereocenters. The molecule has 3 aromatic rings. The van der Waals surface area contributed by atoms with Crippen molar-refractivity contribution in [2.45, 2.75) is 25.5 Å². The summed E-state index contributed by atoms with van der Waals surface area (Å²) in [6.07, 6.45) is 0.0700. The summed E-state index contributed by atoms with van der Waals surface area (Å²) in [4.78, 5) is 51.5. The van der Waals surface area contributed by atoms with Gasteiger partial charge in [-0.15, -0.1) is 0 Å². The molecule has 10 heteroatoms. The minimum Gasteiger partial charge on any atom is -0.481 e. The Kier molecular flexibility index (Phi) is 6.05. The Morgan fingerprint density at radius 2 is 1.87 bits per heavy atom. The third-order valence-corrected chi connectivity index (χ3v) is 4.52. The lowest BCUT2D eigenvalue weighted by molar-refractivity contribution is -0.141. The topological polar surface area (TPSA) is 128 Å². The quantitative estimate of drug-likeness (QED) is 0.604. The Bertz CT molecular complexity index is 1090. The van der Waals surface area contributed by atoms with Crippen molar-refractivity contribution < 1.29 is 33.4 Å². The van der Waals surface area contributed by atoms with E-state index in [-0.39, 0.29) is 0 Å². The second-order valence-corrected chi connectivity index (χ2v) is 6.53. The predicted molar refractivity (Wildman–Crippen MR) is 104 cm³/mol. The van der Waals surface area contributed by atoms with Crippen LogP contribution in [0.2, 0.25) is 0 Å². The van der Waals surface area contributed by atoms with E-state index in [2.05, 4.69) is 10.3 Å². The first kappa shape index (κ1) is 20.9. The fourth-order valence-corrected chi connectivity index (χ4v) is 3.07. The molecular weight excluding hydrogens is 397 g/mol. The molecule has 0 spiro atoms. The summed E-state index contributed by atoms with van der Waals surface area (Å²) in [5.74, 6) is -3.39. The number of para-hydroxylation sites is 1. The van der Waals surface area contributed by atoms with Crippen LogP contribution in [0, 0.1) is 0 Å². The fourth-order valence-electron chi connectivity index (χ4n) is 3.07. The number of aliphatic carboxylic acids is 1. The van der Waals surface area contributed by atoms with Crippen LogP contribution in [0.25, 0.3) is 21.8 Å². The van der Waals surface area contributed by atoms with E-state index in [1.807, 2.05) is 12.1 Å². The number of carbonyl (C=O) groups is 4. The molecule has 9 nitrogen and oxygen atoms in total. The van der Waals surface area contributed by atoms with Gasteiger partial charge >= 0.3 is 12.1 Å². The van der Waals surface area contributed by atoms with Gasteiger partial charge in [0.05, 0.1) is 23.7 Å². The van der Waals surface area contributed by atoms with Crippen molar-refractivity contribution in [2.75, 3.05) is 6.67 Å². The molecule has 0 saturated heterocycles. The van der Waals surface area contributed by atoms with Gasteiger partial charge in [-0.1, -0.05) is 18.2 Å². The number of fused-ring (bicyclic) bond motifs is 3. The van der Waals surface area contributed by atoms with E-state index in [9.17, 15) is 23.6 Å². The Hall–Kier alpha value is -3.82. The number of pyridine rings is 1. The van der Waals surface area contributed by atoms with E-state index in [0.29, 0.717) is 11.0 Å². The van der Waals surface area contributed by atoms with Gasteiger partial charge in [0.1, 0.15) is 12.7 Å². The lowest BCUT2D eigenvalue weighted by Gasteiger charge is -2.18. The van der Waals surface area contributed by atoms with E-state index in [4.69, 9.17) is 9.84 Å². The van der Waals surface area contributed by atoms with Crippen LogP contribution in [0.1, 0.15) is 13.3 Å². The van der Waals surface area contributed by atoms with Crippen LogP contribution < -0.4 is 5.32 Å². The van der Waals surface area contributed by atoms with Gasteiger partial charge < -0.3 is 15.2 Å².